The summed E-state index contributed by atoms with van der Waals surface area (Å²) in [5.74, 6) is 8.06. The largest absolute Gasteiger partial charge is 0.128 e. The van der Waals surface area contributed by atoms with Gasteiger partial charge in [0.25, 0.3) is 0 Å². The van der Waals surface area contributed by atoms with Gasteiger partial charge in [-0.2, -0.15) is 0 Å². The average molecular weight is 312 g/mol. The molecule has 0 aromatic heterocycles. The minimum Gasteiger partial charge on any atom is -0.104 e. The summed E-state index contributed by atoms with van der Waals surface area (Å²) in [6, 6.07) is 0. The second-order valence-corrected chi connectivity index (χ2v) is 10.9. The highest BCUT2D eigenvalue weighted by Crippen LogP contribution is 2.71. The summed E-state index contributed by atoms with van der Waals surface area (Å²) in [4.78, 5) is 0. The van der Waals surface area contributed by atoms with Gasteiger partial charge in [0.1, 0.15) is 7.28 Å². The maximum absolute atomic E-state index is 3.99. The van der Waals surface area contributed by atoms with Gasteiger partial charge in [0.05, 0.1) is 0 Å². The fourth-order valence-electron chi connectivity index (χ4n) is 7.95. The molecule has 23 heavy (non-hydrogen) atoms. The van der Waals surface area contributed by atoms with E-state index in [4.69, 9.17) is 0 Å². The van der Waals surface area contributed by atoms with Crippen molar-refractivity contribution in [2.24, 2.45) is 52.3 Å². The van der Waals surface area contributed by atoms with Gasteiger partial charge in [0, 0.05) is 0 Å². The summed E-state index contributed by atoms with van der Waals surface area (Å²) in [5.41, 5.74) is 1.27. The van der Waals surface area contributed by atoms with Gasteiger partial charge in [-0.15, -0.1) is 6.58 Å². The molecule has 4 unspecified atom stereocenters. The minimum absolute atomic E-state index is 0.631. The molecule has 4 bridgehead atoms. The van der Waals surface area contributed by atoms with Crippen molar-refractivity contribution in [2.45, 2.75) is 72.4 Å². The standard InChI is InChI=1S/C22H37B/c1-7-8-23-19-12-15-11-18(22(15,5)6)20(19)16-9-14-10-17(13(16)2)21(14,3)4/h7,13-20,23H,1,8-12H2,2-6H3/t13?,14-,15+,16?,17-,18-,19?,20?/m1/s1. The molecule has 0 amide bonds. The Morgan fingerprint density at radius 1 is 0.957 bits per heavy atom. The van der Waals surface area contributed by atoms with Gasteiger partial charge < -0.3 is 0 Å². The van der Waals surface area contributed by atoms with Gasteiger partial charge in [-0.25, -0.2) is 0 Å². The maximum Gasteiger partial charge on any atom is 0.128 e. The van der Waals surface area contributed by atoms with Crippen LogP contribution in [0, 0.1) is 52.3 Å². The molecule has 6 rings (SSSR count). The Hall–Kier alpha value is -0.195. The molecule has 0 aliphatic heterocycles. The molecular formula is C22H37B. The lowest BCUT2D eigenvalue weighted by molar-refractivity contribution is -0.186. The second-order valence-electron chi connectivity index (χ2n) is 10.9. The average Bonchev–Trinajstić information content (AvgIpc) is 2.52. The van der Waals surface area contributed by atoms with Crippen LogP contribution >= 0.6 is 0 Å². The van der Waals surface area contributed by atoms with Crippen molar-refractivity contribution in [3.05, 3.63) is 12.7 Å². The molecule has 0 nitrogen and oxygen atoms in total. The van der Waals surface area contributed by atoms with Crippen LogP contribution in [-0.2, 0) is 0 Å². The number of hydrogen-bond donors (Lipinski definition) is 0. The monoisotopic (exact) mass is 312 g/mol. The topological polar surface area (TPSA) is 0 Å². The van der Waals surface area contributed by atoms with E-state index in [1.807, 2.05) is 0 Å². The molecule has 0 spiro atoms. The van der Waals surface area contributed by atoms with Crippen molar-refractivity contribution in [2.75, 3.05) is 0 Å². The molecule has 6 fully saturated rings. The van der Waals surface area contributed by atoms with Gasteiger partial charge in [-0.1, -0.05) is 59.3 Å². The Labute approximate surface area is 145 Å². The van der Waals surface area contributed by atoms with Crippen molar-refractivity contribution >= 4 is 7.28 Å². The van der Waals surface area contributed by atoms with Crippen molar-refractivity contribution in [3.63, 3.8) is 0 Å². The Balaban J connectivity index is 1.58. The van der Waals surface area contributed by atoms with E-state index in [1.165, 1.54) is 32.9 Å². The molecule has 6 aliphatic rings. The summed E-state index contributed by atoms with van der Waals surface area (Å²) in [6.45, 7) is 16.9. The van der Waals surface area contributed by atoms with Gasteiger partial charge in [-0.3, -0.25) is 0 Å². The molecule has 6 aliphatic carbocycles. The fourth-order valence-corrected chi connectivity index (χ4v) is 7.95. The van der Waals surface area contributed by atoms with Crippen LogP contribution in [0.2, 0.25) is 12.1 Å². The van der Waals surface area contributed by atoms with Crippen molar-refractivity contribution in [1.29, 1.82) is 0 Å². The summed E-state index contributed by atoms with van der Waals surface area (Å²) >= 11 is 0. The van der Waals surface area contributed by atoms with Gasteiger partial charge in [0.2, 0.25) is 0 Å². The molecule has 6 saturated carbocycles. The first-order valence-electron chi connectivity index (χ1n) is 10.4. The van der Waals surface area contributed by atoms with Crippen molar-refractivity contribution < 1.29 is 0 Å². The zero-order valence-corrected chi connectivity index (χ0v) is 16.1. The molecule has 0 saturated heterocycles. The van der Waals surface area contributed by atoms with Crippen molar-refractivity contribution in [3.8, 4) is 0 Å². The molecule has 1 heteroatoms. The molecule has 0 aromatic carbocycles. The van der Waals surface area contributed by atoms with E-state index < -0.39 is 0 Å². The number of hydrogen-bond acceptors (Lipinski definition) is 0. The maximum atomic E-state index is 3.99. The van der Waals surface area contributed by atoms with E-state index in [0.29, 0.717) is 10.8 Å². The van der Waals surface area contributed by atoms with Gasteiger partial charge in [-0.05, 0) is 71.5 Å². The fraction of sp³-hybridized carbons (Fsp3) is 0.909. The smallest absolute Gasteiger partial charge is 0.104 e. The quantitative estimate of drug-likeness (QED) is 0.453. The predicted molar refractivity (Wildman–Crippen MR) is 102 cm³/mol. The van der Waals surface area contributed by atoms with Crippen LogP contribution in [0.3, 0.4) is 0 Å². The van der Waals surface area contributed by atoms with Gasteiger partial charge >= 0.3 is 0 Å². The molecule has 128 valence electrons. The van der Waals surface area contributed by atoms with Crippen LogP contribution in [0.25, 0.3) is 0 Å². The third-order valence-electron chi connectivity index (χ3n) is 9.79. The highest BCUT2D eigenvalue weighted by atomic mass is 14.7. The summed E-state index contributed by atoms with van der Waals surface area (Å²) in [6.07, 6.45) is 9.53. The number of fused-ring (bicyclic) bond motifs is 5. The molecule has 0 aromatic rings. The van der Waals surface area contributed by atoms with E-state index in [2.05, 4.69) is 47.3 Å². The lowest BCUT2D eigenvalue weighted by atomic mass is 9.32. The Bertz CT molecular complexity index is 490. The van der Waals surface area contributed by atoms with E-state index in [1.54, 1.807) is 6.42 Å². The van der Waals surface area contributed by atoms with Crippen LogP contribution in [0.4, 0.5) is 0 Å². The molecule has 8 atom stereocenters. The second kappa shape index (κ2) is 5.15. The van der Waals surface area contributed by atoms with E-state index in [-0.39, 0.29) is 0 Å². The summed E-state index contributed by atoms with van der Waals surface area (Å²) < 4.78 is 0. The van der Waals surface area contributed by atoms with E-state index in [9.17, 15) is 0 Å². The van der Waals surface area contributed by atoms with Crippen LogP contribution in [0.5, 0.6) is 0 Å². The van der Waals surface area contributed by atoms with E-state index >= 15 is 0 Å². The Kier molecular flexibility index (Phi) is 3.65. The lowest BCUT2D eigenvalue weighted by Crippen LogP contribution is -2.62. The molecular weight excluding hydrogens is 275 g/mol. The predicted octanol–water partition coefficient (Wildman–Crippen LogP) is 5.82. The highest BCUT2D eigenvalue weighted by Gasteiger charge is 2.63. The minimum atomic E-state index is 0.631. The number of rotatable bonds is 4. The zero-order valence-electron chi connectivity index (χ0n) is 16.1. The summed E-state index contributed by atoms with van der Waals surface area (Å²) in [7, 11) is 1.42. The van der Waals surface area contributed by atoms with E-state index in [0.717, 1.165) is 47.2 Å². The zero-order chi connectivity index (χ0) is 16.6. The first kappa shape index (κ1) is 16.3. The first-order valence-corrected chi connectivity index (χ1v) is 10.4. The molecule has 0 N–H and O–H groups in total. The lowest BCUT2D eigenvalue weighted by Gasteiger charge is -2.69. The van der Waals surface area contributed by atoms with Gasteiger partial charge in [0.15, 0.2) is 0 Å². The van der Waals surface area contributed by atoms with Crippen molar-refractivity contribution in [1.82, 2.24) is 0 Å². The third-order valence-corrected chi connectivity index (χ3v) is 9.79. The Morgan fingerprint density at radius 3 is 2.13 bits per heavy atom. The van der Waals surface area contributed by atoms with Crippen LogP contribution in [0.1, 0.15) is 60.3 Å². The highest BCUT2D eigenvalue weighted by molar-refractivity contribution is 6.38. The van der Waals surface area contributed by atoms with Crippen LogP contribution < -0.4 is 0 Å². The normalized spacial score (nSPS) is 52.0. The first-order chi connectivity index (χ1) is 10.8. The third kappa shape index (κ3) is 2.10. The molecule has 0 heterocycles. The Morgan fingerprint density at radius 2 is 1.57 bits per heavy atom. The SMILES string of the molecule is C=CCBC1C[C@@H]2C[C@H](C1C1C[C@@H]3C[C@H](C1C)C3(C)C)C2(C)C. The number of allylic oxidation sites excluding steroid dienone is 1. The van der Waals surface area contributed by atoms with Crippen LogP contribution in [0.15, 0.2) is 12.7 Å². The van der Waals surface area contributed by atoms with Crippen LogP contribution in [-0.4, -0.2) is 7.28 Å². The molecule has 0 radical (unpaired) electrons. The summed E-state index contributed by atoms with van der Waals surface area (Å²) in [5, 5.41) is 0.